The monoisotopic (exact) mass is 177 g/mol. The number of esters is 1. The van der Waals surface area contributed by atoms with E-state index in [9.17, 15) is 9.59 Å². The number of rotatable bonds is 3. The van der Waals surface area contributed by atoms with Crippen molar-refractivity contribution in [2.75, 3.05) is 6.61 Å². The second kappa shape index (κ2) is 5.01. The summed E-state index contributed by atoms with van der Waals surface area (Å²) in [6, 6.07) is 0. The largest absolute Gasteiger partial charge is 0.465 e. The third kappa shape index (κ3) is 3.27. The molecule has 0 heterocycles. The van der Waals surface area contributed by atoms with Crippen molar-refractivity contribution in [1.29, 1.82) is 0 Å². The Kier molecular flexibility index (Phi) is 4.69. The molecule has 0 aromatic rings. The third-order valence-electron chi connectivity index (χ3n) is 1.14. The van der Waals surface area contributed by atoms with E-state index in [4.69, 9.17) is 0 Å². The van der Waals surface area contributed by atoms with Crippen LogP contribution in [0.2, 0.25) is 0 Å². The number of hydrogen-bond acceptors (Lipinski definition) is 4. The highest BCUT2D eigenvalue weighted by molar-refractivity contribution is 7.78. The molecule has 1 amide bonds. The highest BCUT2D eigenvalue weighted by atomic mass is 32.1. The van der Waals surface area contributed by atoms with Crippen molar-refractivity contribution < 1.29 is 14.3 Å². The molecule has 0 aliphatic rings. The van der Waals surface area contributed by atoms with E-state index in [2.05, 4.69) is 22.3 Å². The maximum absolute atomic E-state index is 10.8. The third-order valence-corrected chi connectivity index (χ3v) is 1.36. The normalized spacial score (nSPS) is 11.9. The number of nitrogens with one attached hydrogen (secondary N) is 1. The molecular formula is C6H11NO3S. The predicted molar refractivity (Wildman–Crippen MR) is 42.9 cm³/mol. The van der Waals surface area contributed by atoms with Crippen LogP contribution in [0.4, 0.5) is 0 Å². The number of hydrogen-bond donors (Lipinski definition) is 2. The number of amides is 1. The van der Waals surface area contributed by atoms with Crippen LogP contribution in [-0.2, 0) is 14.3 Å². The molecule has 0 aliphatic carbocycles. The van der Waals surface area contributed by atoms with Crippen LogP contribution < -0.4 is 4.72 Å². The second-order valence-electron chi connectivity index (χ2n) is 1.95. The zero-order valence-corrected chi connectivity index (χ0v) is 7.35. The van der Waals surface area contributed by atoms with Gasteiger partial charge in [0.25, 0.3) is 0 Å². The van der Waals surface area contributed by atoms with E-state index in [1.165, 1.54) is 6.92 Å². The van der Waals surface area contributed by atoms with Crippen LogP contribution in [0.5, 0.6) is 0 Å². The Bertz CT molecular complexity index is 160. The predicted octanol–water partition coefficient (Wildman–Crippen LogP) is 0.147. The van der Waals surface area contributed by atoms with E-state index in [0.717, 1.165) is 0 Å². The molecule has 0 saturated heterocycles. The van der Waals surface area contributed by atoms with Crippen molar-refractivity contribution >= 4 is 24.7 Å². The van der Waals surface area contributed by atoms with Crippen LogP contribution in [0.1, 0.15) is 13.8 Å². The molecule has 4 nitrogen and oxygen atoms in total. The molecule has 1 unspecified atom stereocenters. The summed E-state index contributed by atoms with van der Waals surface area (Å²) in [5.74, 6) is -1.77. The lowest BCUT2D eigenvalue weighted by atomic mass is 10.2. The number of thiol groups is 1. The Morgan fingerprint density at radius 1 is 1.64 bits per heavy atom. The molecule has 0 aromatic heterocycles. The van der Waals surface area contributed by atoms with Gasteiger partial charge in [-0.2, -0.15) is 0 Å². The first-order chi connectivity index (χ1) is 5.13. The van der Waals surface area contributed by atoms with Gasteiger partial charge >= 0.3 is 5.97 Å². The van der Waals surface area contributed by atoms with Gasteiger partial charge in [0.05, 0.1) is 6.61 Å². The number of ether oxygens (including phenoxy) is 1. The number of carbonyl (C=O) groups is 2. The molecular weight excluding hydrogens is 166 g/mol. The Labute approximate surface area is 70.8 Å². The summed E-state index contributed by atoms with van der Waals surface area (Å²) in [6.45, 7) is 3.43. The van der Waals surface area contributed by atoms with E-state index < -0.39 is 17.8 Å². The fourth-order valence-electron chi connectivity index (χ4n) is 0.471. The highest BCUT2D eigenvalue weighted by Crippen LogP contribution is 1.98. The summed E-state index contributed by atoms with van der Waals surface area (Å²) >= 11 is 3.51. The average Bonchev–Trinajstić information content (AvgIpc) is 2.02. The van der Waals surface area contributed by atoms with Crippen molar-refractivity contribution in [3.8, 4) is 0 Å². The van der Waals surface area contributed by atoms with Crippen molar-refractivity contribution in [2.24, 2.45) is 5.92 Å². The van der Waals surface area contributed by atoms with Crippen molar-refractivity contribution in [2.45, 2.75) is 13.8 Å². The zero-order chi connectivity index (χ0) is 8.85. The molecule has 0 aromatic carbocycles. The van der Waals surface area contributed by atoms with Gasteiger partial charge in [-0.1, -0.05) is 12.8 Å². The average molecular weight is 177 g/mol. The lowest BCUT2D eigenvalue weighted by Gasteiger charge is -2.07. The Morgan fingerprint density at radius 2 is 2.18 bits per heavy atom. The van der Waals surface area contributed by atoms with Crippen LogP contribution >= 0.6 is 12.8 Å². The lowest BCUT2D eigenvalue weighted by Crippen LogP contribution is -2.29. The molecule has 64 valence electrons. The van der Waals surface area contributed by atoms with E-state index in [1.54, 1.807) is 6.92 Å². The van der Waals surface area contributed by atoms with Gasteiger partial charge in [0.15, 0.2) is 0 Å². The summed E-state index contributed by atoms with van der Waals surface area (Å²) < 4.78 is 6.65. The molecule has 0 bridgehead atoms. The standard InChI is InChI=1S/C6H11NO3S/c1-3-10-6(9)4(2)5(8)7-11/h4,11H,3H2,1-2H3,(H,7,8). The minimum absolute atomic E-state index is 0.281. The molecule has 0 fully saturated rings. The van der Waals surface area contributed by atoms with E-state index in [-0.39, 0.29) is 6.61 Å². The molecule has 1 N–H and O–H groups in total. The van der Waals surface area contributed by atoms with Gasteiger partial charge in [-0.15, -0.1) is 0 Å². The van der Waals surface area contributed by atoms with Crippen LogP contribution in [0.25, 0.3) is 0 Å². The van der Waals surface area contributed by atoms with Crippen molar-refractivity contribution in [3.05, 3.63) is 0 Å². The van der Waals surface area contributed by atoms with Gasteiger partial charge in [0.1, 0.15) is 5.92 Å². The maximum Gasteiger partial charge on any atom is 0.318 e. The van der Waals surface area contributed by atoms with Crippen molar-refractivity contribution in [3.63, 3.8) is 0 Å². The Hall–Kier alpha value is -0.710. The summed E-state index contributed by atoms with van der Waals surface area (Å²) in [4.78, 5) is 21.6. The van der Waals surface area contributed by atoms with Gasteiger partial charge in [-0.25, -0.2) is 0 Å². The van der Waals surface area contributed by atoms with Gasteiger partial charge in [0.2, 0.25) is 5.91 Å². The molecule has 1 atom stereocenters. The van der Waals surface area contributed by atoms with Crippen LogP contribution in [0.3, 0.4) is 0 Å². The zero-order valence-electron chi connectivity index (χ0n) is 6.46. The minimum atomic E-state index is -0.785. The van der Waals surface area contributed by atoms with E-state index >= 15 is 0 Å². The molecule has 11 heavy (non-hydrogen) atoms. The summed E-state index contributed by atoms with van der Waals surface area (Å²) in [6.07, 6.45) is 0. The Balaban J connectivity index is 3.91. The topological polar surface area (TPSA) is 55.4 Å². The van der Waals surface area contributed by atoms with Crippen LogP contribution in [0.15, 0.2) is 0 Å². The molecule has 0 radical (unpaired) electrons. The minimum Gasteiger partial charge on any atom is -0.465 e. The van der Waals surface area contributed by atoms with Gasteiger partial charge in [-0.3, -0.25) is 9.59 Å². The maximum atomic E-state index is 10.8. The molecule has 0 aliphatic heterocycles. The molecule has 0 rings (SSSR count). The fourth-order valence-corrected chi connectivity index (χ4v) is 0.665. The molecule has 5 heteroatoms. The van der Waals surface area contributed by atoms with E-state index in [0.29, 0.717) is 0 Å². The first-order valence-corrected chi connectivity index (χ1v) is 3.68. The Morgan fingerprint density at radius 3 is 2.55 bits per heavy atom. The fraction of sp³-hybridized carbons (Fsp3) is 0.667. The quantitative estimate of drug-likeness (QED) is 0.366. The SMILES string of the molecule is CCOC(=O)C(C)C(=O)NS. The first kappa shape index (κ1) is 10.3. The van der Waals surface area contributed by atoms with Crippen molar-refractivity contribution in [1.82, 2.24) is 4.72 Å². The smallest absolute Gasteiger partial charge is 0.318 e. The summed E-state index contributed by atoms with van der Waals surface area (Å²) in [5, 5.41) is 0. The first-order valence-electron chi connectivity index (χ1n) is 3.24. The summed E-state index contributed by atoms with van der Waals surface area (Å²) in [7, 11) is 0. The number of carbonyl (C=O) groups excluding carboxylic acids is 2. The van der Waals surface area contributed by atoms with E-state index in [1.807, 2.05) is 0 Å². The van der Waals surface area contributed by atoms with Gasteiger partial charge in [-0.05, 0) is 13.8 Å². The van der Waals surface area contributed by atoms with Crippen LogP contribution in [-0.4, -0.2) is 18.5 Å². The highest BCUT2D eigenvalue weighted by Gasteiger charge is 2.21. The summed E-state index contributed by atoms with van der Waals surface area (Å²) in [5.41, 5.74) is 0. The lowest BCUT2D eigenvalue weighted by molar-refractivity contribution is -0.150. The van der Waals surface area contributed by atoms with Gasteiger partial charge < -0.3 is 9.46 Å². The molecule has 0 saturated carbocycles. The van der Waals surface area contributed by atoms with Gasteiger partial charge in [0, 0.05) is 0 Å². The molecule has 0 spiro atoms. The van der Waals surface area contributed by atoms with Crippen LogP contribution in [0, 0.1) is 5.92 Å². The second-order valence-corrected chi connectivity index (χ2v) is 2.17.